The predicted octanol–water partition coefficient (Wildman–Crippen LogP) is 3.39. The van der Waals surface area contributed by atoms with Crippen LogP contribution in [0.5, 0.6) is 0 Å². The summed E-state index contributed by atoms with van der Waals surface area (Å²) in [5, 5.41) is 6.80. The largest absolute Gasteiger partial charge is 0.444 e. The first-order valence-corrected chi connectivity index (χ1v) is 12.6. The number of amides is 2. The molecule has 2 heterocycles. The van der Waals surface area contributed by atoms with Crippen molar-refractivity contribution in [1.29, 1.82) is 0 Å². The Morgan fingerprint density at radius 1 is 1.30 bits per heavy atom. The van der Waals surface area contributed by atoms with Crippen molar-refractivity contribution in [2.45, 2.75) is 77.5 Å². The van der Waals surface area contributed by atoms with Gasteiger partial charge in [-0.2, -0.15) is 16.1 Å². The highest BCUT2D eigenvalue weighted by atomic mass is 32.2. The molecule has 2 amide bonds. The van der Waals surface area contributed by atoms with E-state index in [1.165, 1.54) is 11.5 Å². The van der Waals surface area contributed by atoms with Crippen LogP contribution >= 0.6 is 23.3 Å². The number of nitrogens with one attached hydrogen (secondary N) is 2. The third-order valence-corrected chi connectivity index (χ3v) is 6.11. The average molecular weight is 458 g/mol. The van der Waals surface area contributed by atoms with Crippen LogP contribution in [0.2, 0.25) is 0 Å². The van der Waals surface area contributed by atoms with Crippen LogP contribution in [-0.4, -0.2) is 64.1 Å². The van der Waals surface area contributed by atoms with Gasteiger partial charge in [-0.05, 0) is 52.0 Å². The minimum atomic E-state index is -0.600. The van der Waals surface area contributed by atoms with Crippen LogP contribution in [0.25, 0.3) is 0 Å². The Hall–Kier alpha value is -1.55. The summed E-state index contributed by atoms with van der Waals surface area (Å²) in [6.07, 6.45) is 3.66. The Morgan fingerprint density at radius 3 is 2.50 bits per heavy atom. The fourth-order valence-corrected chi connectivity index (χ4v) is 4.39. The van der Waals surface area contributed by atoms with Crippen molar-refractivity contribution >= 4 is 40.4 Å². The lowest BCUT2D eigenvalue weighted by Gasteiger charge is -2.33. The van der Waals surface area contributed by atoms with Crippen molar-refractivity contribution in [3.8, 4) is 0 Å². The number of hydrogen-bond acceptors (Lipinski definition) is 8. The zero-order valence-corrected chi connectivity index (χ0v) is 20.5. The second-order valence-electron chi connectivity index (χ2n) is 8.84. The van der Waals surface area contributed by atoms with Crippen LogP contribution < -0.4 is 15.5 Å². The number of aromatic nitrogens is 2. The number of carbonyl (C=O) groups is 2. The molecule has 1 aliphatic rings. The van der Waals surface area contributed by atoms with E-state index in [-0.39, 0.29) is 11.9 Å². The number of ether oxygens (including phenoxy) is 1. The number of hydrogen-bond donors (Lipinski definition) is 2. The molecule has 0 radical (unpaired) electrons. The van der Waals surface area contributed by atoms with E-state index in [1.54, 1.807) is 32.5 Å². The summed E-state index contributed by atoms with van der Waals surface area (Å²) in [7, 11) is 0. The van der Waals surface area contributed by atoms with Crippen molar-refractivity contribution in [3.05, 3.63) is 5.82 Å². The van der Waals surface area contributed by atoms with Crippen molar-refractivity contribution in [2.75, 3.05) is 30.0 Å². The van der Waals surface area contributed by atoms with E-state index < -0.39 is 17.7 Å². The molecule has 0 aliphatic carbocycles. The molecule has 10 heteroatoms. The van der Waals surface area contributed by atoms with E-state index in [9.17, 15) is 9.59 Å². The molecule has 0 bridgehead atoms. The number of carbonyl (C=O) groups excluding carboxylic acids is 2. The molecule has 1 fully saturated rings. The maximum Gasteiger partial charge on any atom is 0.408 e. The lowest BCUT2D eigenvalue weighted by Crippen LogP contribution is -2.53. The third-order valence-electron chi connectivity index (χ3n) is 4.68. The molecule has 2 rings (SSSR count). The molecule has 2 N–H and O–H groups in total. The van der Waals surface area contributed by atoms with E-state index >= 15 is 0 Å². The molecule has 1 aromatic rings. The van der Waals surface area contributed by atoms with Gasteiger partial charge in [-0.15, -0.1) is 0 Å². The first-order chi connectivity index (χ1) is 14.1. The highest BCUT2D eigenvalue weighted by Gasteiger charge is 2.28. The molecule has 1 atom stereocenters. The normalized spacial score (nSPS) is 16.4. The summed E-state index contributed by atoms with van der Waals surface area (Å²) in [6, 6.07) is -0.509. The summed E-state index contributed by atoms with van der Waals surface area (Å²) in [4.78, 5) is 31.8. The van der Waals surface area contributed by atoms with Gasteiger partial charge in [0.2, 0.25) is 11.0 Å². The van der Waals surface area contributed by atoms with Gasteiger partial charge >= 0.3 is 6.09 Å². The molecular formula is C20H35N5O3S2. The molecule has 30 heavy (non-hydrogen) atoms. The van der Waals surface area contributed by atoms with Crippen LogP contribution in [0.4, 0.5) is 9.93 Å². The molecule has 8 nitrogen and oxygen atoms in total. The zero-order valence-electron chi connectivity index (χ0n) is 18.9. The Kier molecular flexibility index (Phi) is 9.21. The van der Waals surface area contributed by atoms with Crippen LogP contribution in [0.1, 0.15) is 65.6 Å². The molecular weight excluding hydrogens is 422 g/mol. The quantitative estimate of drug-likeness (QED) is 0.617. The van der Waals surface area contributed by atoms with Crippen molar-refractivity contribution in [1.82, 2.24) is 20.0 Å². The summed E-state index contributed by atoms with van der Waals surface area (Å²) in [5.41, 5.74) is -0.600. The Bertz CT molecular complexity index is 697. The van der Waals surface area contributed by atoms with E-state index in [2.05, 4.69) is 38.7 Å². The smallest absolute Gasteiger partial charge is 0.408 e. The van der Waals surface area contributed by atoms with Gasteiger partial charge in [0.1, 0.15) is 17.5 Å². The van der Waals surface area contributed by atoms with Gasteiger partial charge in [-0.1, -0.05) is 13.8 Å². The maximum atomic E-state index is 12.8. The van der Waals surface area contributed by atoms with E-state index in [4.69, 9.17) is 4.74 Å². The van der Waals surface area contributed by atoms with Gasteiger partial charge in [0.05, 0.1) is 0 Å². The van der Waals surface area contributed by atoms with Crippen molar-refractivity contribution < 1.29 is 14.3 Å². The lowest BCUT2D eigenvalue weighted by molar-refractivity contribution is -0.124. The Morgan fingerprint density at radius 2 is 1.97 bits per heavy atom. The second kappa shape index (κ2) is 11.2. The summed E-state index contributed by atoms with van der Waals surface area (Å²) >= 11 is 3.08. The van der Waals surface area contributed by atoms with Gasteiger partial charge in [0, 0.05) is 36.6 Å². The molecule has 0 spiro atoms. The maximum absolute atomic E-state index is 12.8. The number of alkyl carbamates (subject to hydrolysis) is 1. The lowest BCUT2D eigenvalue weighted by atomic mass is 10.0. The summed E-state index contributed by atoms with van der Waals surface area (Å²) < 4.78 is 9.74. The fraction of sp³-hybridized carbons (Fsp3) is 0.800. The van der Waals surface area contributed by atoms with Gasteiger partial charge in [0.25, 0.3) is 0 Å². The SMILES string of the molecule is CSCCC(NC(=O)OC(C)(C)C)C(=O)NC1CCN(c2nc(C(C)C)ns2)CC1. The first-order valence-electron chi connectivity index (χ1n) is 10.5. The number of anilines is 1. The van der Waals surface area contributed by atoms with Crippen molar-refractivity contribution in [2.24, 2.45) is 0 Å². The van der Waals surface area contributed by atoms with Crippen LogP contribution in [-0.2, 0) is 9.53 Å². The molecule has 170 valence electrons. The van der Waals surface area contributed by atoms with E-state index in [1.807, 2.05) is 6.26 Å². The summed E-state index contributed by atoms with van der Waals surface area (Å²) in [5.74, 6) is 1.84. The second-order valence-corrected chi connectivity index (χ2v) is 10.6. The summed E-state index contributed by atoms with van der Waals surface area (Å²) in [6.45, 7) is 11.2. The molecule has 1 aromatic heterocycles. The van der Waals surface area contributed by atoms with Crippen molar-refractivity contribution in [3.63, 3.8) is 0 Å². The van der Waals surface area contributed by atoms with Gasteiger partial charge < -0.3 is 20.3 Å². The number of rotatable bonds is 8. The number of thioether (sulfide) groups is 1. The topological polar surface area (TPSA) is 96.4 Å². The third kappa shape index (κ3) is 7.94. The van der Waals surface area contributed by atoms with Crippen LogP contribution in [0.15, 0.2) is 0 Å². The first kappa shape index (κ1) is 24.7. The number of nitrogens with zero attached hydrogens (tertiary/aromatic N) is 3. The highest BCUT2D eigenvalue weighted by molar-refractivity contribution is 7.98. The number of piperidine rings is 1. The average Bonchev–Trinajstić information content (AvgIpc) is 3.14. The van der Waals surface area contributed by atoms with Gasteiger partial charge in [-0.3, -0.25) is 4.79 Å². The molecule has 1 unspecified atom stereocenters. The molecule has 1 aliphatic heterocycles. The molecule has 0 saturated carbocycles. The van der Waals surface area contributed by atoms with Crippen LogP contribution in [0, 0.1) is 0 Å². The van der Waals surface area contributed by atoms with Gasteiger partial charge in [0.15, 0.2) is 0 Å². The fourth-order valence-electron chi connectivity index (χ4n) is 3.06. The van der Waals surface area contributed by atoms with Crippen LogP contribution in [0.3, 0.4) is 0 Å². The molecule has 0 aromatic carbocycles. The Balaban J connectivity index is 1.87. The van der Waals surface area contributed by atoms with Gasteiger partial charge in [-0.25, -0.2) is 9.78 Å². The highest BCUT2D eigenvalue weighted by Crippen LogP contribution is 2.24. The standard InChI is InChI=1S/C20H35N5O3S2/c1-13(2)16-23-18(30-24-16)25-10-7-14(8-11-25)21-17(26)15(9-12-29-6)22-19(27)28-20(3,4)5/h13-15H,7-12H2,1-6H3,(H,21,26)(H,22,27). The van der Waals surface area contributed by atoms with E-state index in [0.717, 1.165) is 42.6 Å². The zero-order chi connectivity index (χ0) is 22.3. The predicted molar refractivity (Wildman–Crippen MR) is 124 cm³/mol. The Labute approximate surface area is 188 Å². The minimum Gasteiger partial charge on any atom is -0.444 e. The monoisotopic (exact) mass is 457 g/mol. The minimum absolute atomic E-state index is 0.0865. The molecule has 1 saturated heterocycles. The van der Waals surface area contributed by atoms with E-state index in [0.29, 0.717) is 12.3 Å².